The fourth-order valence-electron chi connectivity index (χ4n) is 3.22. The first-order valence-corrected chi connectivity index (χ1v) is 5.76. The lowest BCUT2D eigenvalue weighted by Crippen LogP contribution is -2.24. The molecule has 0 aromatic heterocycles. The molecule has 2 nitrogen and oxygen atoms in total. The highest BCUT2D eigenvalue weighted by atomic mass is 16.2. The molecule has 0 N–H and O–H groups in total. The third-order valence-electron chi connectivity index (χ3n) is 4.34. The van der Waals surface area contributed by atoms with Crippen LogP contribution in [0.2, 0.25) is 0 Å². The van der Waals surface area contributed by atoms with Crippen LogP contribution in [0.25, 0.3) is 0 Å². The zero-order valence-corrected chi connectivity index (χ0v) is 9.71. The Balaban J connectivity index is 2.04. The van der Waals surface area contributed by atoms with Gasteiger partial charge in [-0.1, -0.05) is 13.8 Å². The summed E-state index contributed by atoms with van der Waals surface area (Å²) >= 11 is 0. The number of carbonyl (C=O) groups excluding carboxylic acids is 1. The van der Waals surface area contributed by atoms with Crippen molar-refractivity contribution >= 4 is 5.91 Å². The SMILES string of the molecule is CC(=O)N1C2CC(C(C)C)CCC21C. The Morgan fingerprint density at radius 3 is 2.64 bits per heavy atom. The Morgan fingerprint density at radius 1 is 1.50 bits per heavy atom. The van der Waals surface area contributed by atoms with Crippen molar-refractivity contribution in [3.8, 4) is 0 Å². The molecule has 2 rings (SSSR count). The van der Waals surface area contributed by atoms with E-state index in [1.807, 2.05) is 0 Å². The second-order valence-electron chi connectivity index (χ2n) is 5.54. The molecule has 1 saturated heterocycles. The topological polar surface area (TPSA) is 20.1 Å². The van der Waals surface area contributed by atoms with Crippen molar-refractivity contribution < 1.29 is 4.79 Å². The van der Waals surface area contributed by atoms with E-state index in [0.29, 0.717) is 6.04 Å². The van der Waals surface area contributed by atoms with Crippen molar-refractivity contribution in [2.45, 2.75) is 58.5 Å². The minimum atomic E-state index is 0.233. The first-order chi connectivity index (χ1) is 6.47. The van der Waals surface area contributed by atoms with Gasteiger partial charge in [0.2, 0.25) is 5.91 Å². The van der Waals surface area contributed by atoms with Gasteiger partial charge >= 0.3 is 0 Å². The van der Waals surface area contributed by atoms with Gasteiger partial charge in [-0.3, -0.25) is 4.79 Å². The minimum absolute atomic E-state index is 0.233. The number of fused-ring (bicyclic) bond motifs is 1. The van der Waals surface area contributed by atoms with Crippen molar-refractivity contribution in [1.29, 1.82) is 0 Å². The molecule has 1 saturated carbocycles. The Hall–Kier alpha value is -0.530. The number of likely N-dealkylation sites (tertiary alicyclic amines) is 1. The van der Waals surface area contributed by atoms with Crippen LogP contribution in [0.3, 0.4) is 0 Å². The van der Waals surface area contributed by atoms with Gasteiger partial charge in [0.25, 0.3) is 0 Å². The second kappa shape index (κ2) is 2.98. The van der Waals surface area contributed by atoms with E-state index in [9.17, 15) is 4.79 Å². The van der Waals surface area contributed by atoms with Crippen LogP contribution in [0, 0.1) is 11.8 Å². The van der Waals surface area contributed by atoms with Gasteiger partial charge in [0.1, 0.15) is 0 Å². The molecule has 1 aliphatic heterocycles. The number of amides is 1. The van der Waals surface area contributed by atoms with E-state index in [-0.39, 0.29) is 11.4 Å². The van der Waals surface area contributed by atoms with Crippen LogP contribution in [0.1, 0.15) is 47.0 Å². The molecular formula is C12H21NO. The standard InChI is InChI=1S/C12H21NO/c1-8(2)10-5-6-12(4)11(7-10)13(12)9(3)14/h8,10-11H,5-7H2,1-4H3. The van der Waals surface area contributed by atoms with Crippen LogP contribution in [-0.2, 0) is 4.79 Å². The number of nitrogens with zero attached hydrogens (tertiary/aromatic N) is 1. The third kappa shape index (κ3) is 1.27. The van der Waals surface area contributed by atoms with E-state index in [1.165, 1.54) is 19.3 Å². The summed E-state index contributed by atoms with van der Waals surface area (Å²) in [4.78, 5) is 13.5. The summed E-state index contributed by atoms with van der Waals surface area (Å²) in [5.41, 5.74) is 0.233. The van der Waals surface area contributed by atoms with E-state index < -0.39 is 0 Å². The summed E-state index contributed by atoms with van der Waals surface area (Å²) < 4.78 is 0. The molecule has 1 amide bonds. The lowest BCUT2D eigenvalue weighted by molar-refractivity contribution is -0.125. The molecule has 3 atom stereocenters. The van der Waals surface area contributed by atoms with Crippen molar-refractivity contribution in [2.75, 3.05) is 0 Å². The lowest BCUT2D eigenvalue weighted by atomic mass is 9.78. The lowest BCUT2D eigenvalue weighted by Gasteiger charge is -2.26. The molecule has 0 spiro atoms. The quantitative estimate of drug-likeness (QED) is 0.588. The molecular weight excluding hydrogens is 174 g/mol. The fraction of sp³-hybridized carbons (Fsp3) is 0.917. The summed E-state index contributed by atoms with van der Waals surface area (Å²) in [6.07, 6.45) is 3.74. The van der Waals surface area contributed by atoms with E-state index in [0.717, 1.165) is 11.8 Å². The van der Waals surface area contributed by atoms with Crippen molar-refractivity contribution in [1.82, 2.24) is 4.90 Å². The van der Waals surface area contributed by atoms with Gasteiger partial charge in [-0.05, 0) is 38.0 Å². The molecule has 1 aliphatic carbocycles. The zero-order chi connectivity index (χ0) is 10.5. The van der Waals surface area contributed by atoms with E-state index in [1.54, 1.807) is 6.92 Å². The van der Waals surface area contributed by atoms with Crippen molar-refractivity contribution in [3.05, 3.63) is 0 Å². The molecule has 3 unspecified atom stereocenters. The average molecular weight is 195 g/mol. The normalized spacial score (nSPS) is 41.1. The van der Waals surface area contributed by atoms with E-state index in [4.69, 9.17) is 0 Å². The highest BCUT2D eigenvalue weighted by molar-refractivity contribution is 5.78. The molecule has 0 radical (unpaired) electrons. The second-order valence-corrected chi connectivity index (χ2v) is 5.54. The van der Waals surface area contributed by atoms with Crippen molar-refractivity contribution in [2.24, 2.45) is 11.8 Å². The van der Waals surface area contributed by atoms with Crippen LogP contribution in [0.4, 0.5) is 0 Å². The highest BCUT2D eigenvalue weighted by Gasteiger charge is 2.62. The number of hydrogen-bond donors (Lipinski definition) is 0. The largest absolute Gasteiger partial charge is 0.330 e. The van der Waals surface area contributed by atoms with Crippen molar-refractivity contribution in [3.63, 3.8) is 0 Å². The Bertz CT molecular complexity index is 261. The average Bonchev–Trinajstić information content (AvgIpc) is 2.68. The van der Waals surface area contributed by atoms with Gasteiger partial charge in [0.15, 0.2) is 0 Å². The molecule has 0 aromatic carbocycles. The zero-order valence-electron chi connectivity index (χ0n) is 9.71. The molecule has 0 aromatic rings. The van der Waals surface area contributed by atoms with Gasteiger partial charge in [-0.15, -0.1) is 0 Å². The predicted molar refractivity (Wildman–Crippen MR) is 56.9 cm³/mol. The van der Waals surface area contributed by atoms with Gasteiger partial charge in [-0.25, -0.2) is 0 Å². The molecule has 0 bridgehead atoms. The molecule has 1 heterocycles. The van der Waals surface area contributed by atoms with Gasteiger partial charge < -0.3 is 4.90 Å². The van der Waals surface area contributed by atoms with Crippen LogP contribution in [0.5, 0.6) is 0 Å². The molecule has 14 heavy (non-hydrogen) atoms. The minimum Gasteiger partial charge on any atom is -0.330 e. The van der Waals surface area contributed by atoms with Crippen LogP contribution in [-0.4, -0.2) is 22.4 Å². The third-order valence-corrected chi connectivity index (χ3v) is 4.34. The number of carbonyl (C=O) groups is 1. The van der Waals surface area contributed by atoms with E-state index >= 15 is 0 Å². The first-order valence-electron chi connectivity index (χ1n) is 5.76. The van der Waals surface area contributed by atoms with Crippen LogP contribution in [0.15, 0.2) is 0 Å². The summed E-state index contributed by atoms with van der Waals surface area (Å²) in [5, 5.41) is 0. The maximum atomic E-state index is 11.4. The first kappa shape index (κ1) is 10.0. The smallest absolute Gasteiger partial charge is 0.220 e. The van der Waals surface area contributed by atoms with Crippen LogP contribution < -0.4 is 0 Å². The number of hydrogen-bond acceptors (Lipinski definition) is 1. The maximum absolute atomic E-state index is 11.4. The summed E-state index contributed by atoms with van der Waals surface area (Å²) in [5.74, 6) is 1.87. The summed E-state index contributed by atoms with van der Waals surface area (Å²) in [6, 6.07) is 0.557. The maximum Gasteiger partial charge on any atom is 0.220 e. The highest BCUT2D eigenvalue weighted by Crippen LogP contribution is 2.53. The molecule has 2 heteroatoms. The van der Waals surface area contributed by atoms with Gasteiger partial charge in [-0.2, -0.15) is 0 Å². The monoisotopic (exact) mass is 195 g/mol. The van der Waals surface area contributed by atoms with E-state index in [2.05, 4.69) is 25.7 Å². The Kier molecular flexibility index (Phi) is 2.13. The van der Waals surface area contributed by atoms with Gasteiger partial charge in [0, 0.05) is 6.92 Å². The Morgan fingerprint density at radius 2 is 2.14 bits per heavy atom. The summed E-state index contributed by atoms with van der Waals surface area (Å²) in [7, 11) is 0. The predicted octanol–water partition coefficient (Wildman–Crippen LogP) is 2.43. The van der Waals surface area contributed by atoms with Crippen LogP contribution >= 0.6 is 0 Å². The van der Waals surface area contributed by atoms with Gasteiger partial charge in [0.05, 0.1) is 11.6 Å². The molecule has 2 aliphatic rings. The summed E-state index contributed by atoms with van der Waals surface area (Å²) in [6.45, 7) is 8.55. The fourth-order valence-corrected chi connectivity index (χ4v) is 3.22. The molecule has 2 fully saturated rings. The number of rotatable bonds is 1. The Labute approximate surface area is 86.7 Å². The molecule has 80 valence electrons.